The molecule has 1 N–H and O–H groups in total. The van der Waals surface area contributed by atoms with Gasteiger partial charge >= 0.3 is 0 Å². The van der Waals surface area contributed by atoms with Crippen LogP contribution in [0.25, 0.3) is 0 Å². The Hall–Kier alpha value is -2.71. The van der Waals surface area contributed by atoms with Crippen molar-refractivity contribution in [3.05, 3.63) is 107 Å². The first-order chi connectivity index (χ1) is 13.3. The van der Waals surface area contributed by atoms with Crippen molar-refractivity contribution in [2.24, 2.45) is 4.99 Å². The molecule has 0 aliphatic heterocycles. The molecule has 136 valence electrons. The third kappa shape index (κ3) is 3.72. The molecule has 27 heavy (non-hydrogen) atoms. The molecule has 0 atom stereocenters. The predicted molar refractivity (Wildman–Crippen MR) is 111 cm³/mol. The summed E-state index contributed by atoms with van der Waals surface area (Å²) in [6, 6.07) is 26.8. The summed E-state index contributed by atoms with van der Waals surface area (Å²) in [5.74, 6) is 0. The van der Waals surface area contributed by atoms with Gasteiger partial charge < -0.3 is 5.11 Å². The minimum Gasteiger partial charge on any atom is -0.380 e. The van der Waals surface area contributed by atoms with Gasteiger partial charge in [-0.05, 0) is 53.5 Å². The van der Waals surface area contributed by atoms with Crippen LogP contribution in [-0.4, -0.2) is 17.9 Å². The number of fused-ring (bicyclic) bond motifs is 2. The smallest absolute Gasteiger partial charge is 0.115 e. The van der Waals surface area contributed by atoms with Crippen LogP contribution in [0, 0.1) is 0 Å². The number of rotatable bonds is 5. The van der Waals surface area contributed by atoms with E-state index in [4.69, 9.17) is 0 Å². The first-order valence-corrected chi connectivity index (χ1v) is 9.71. The maximum atomic E-state index is 11.8. The molecule has 0 saturated carbocycles. The predicted octanol–water partition coefficient (Wildman–Crippen LogP) is 4.92. The van der Waals surface area contributed by atoms with E-state index in [2.05, 4.69) is 53.5 Å². The fourth-order valence-electron chi connectivity index (χ4n) is 4.10. The van der Waals surface area contributed by atoms with Crippen molar-refractivity contribution in [2.75, 3.05) is 6.54 Å². The molecule has 1 aliphatic carbocycles. The molecule has 2 nitrogen and oxygen atoms in total. The van der Waals surface area contributed by atoms with E-state index in [1.54, 1.807) is 0 Å². The van der Waals surface area contributed by atoms with Gasteiger partial charge in [-0.1, -0.05) is 78.9 Å². The Bertz CT molecular complexity index is 882. The van der Waals surface area contributed by atoms with Crippen LogP contribution >= 0.6 is 0 Å². The average molecular weight is 355 g/mol. The largest absolute Gasteiger partial charge is 0.380 e. The first-order valence-electron chi connectivity index (χ1n) is 9.71. The van der Waals surface area contributed by atoms with Crippen LogP contribution in [0.5, 0.6) is 0 Å². The fraction of sp³-hybridized carbons (Fsp3) is 0.240. The summed E-state index contributed by atoms with van der Waals surface area (Å²) in [7, 11) is 0. The Labute approximate surface area is 161 Å². The maximum absolute atomic E-state index is 11.8. The number of aliphatic hydroxyl groups is 1. The normalized spacial score (nSPS) is 15.1. The van der Waals surface area contributed by atoms with Crippen LogP contribution in [0.4, 0.5) is 0 Å². The molecular weight excluding hydrogens is 330 g/mol. The lowest BCUT2D eigenvalue weighted by molar-refractivity contribution is 0.0688. The molecule has 0 saturated heterocycles. The molecule has 0 unspecified atom stereocenters. The van der Waals surface area contributed by atoms with Crippen LogP contribution in [0.2, 0.25) is 0 Å². The lowest BCUT2D eigenvalue weighted by atomic mass is 9.80. The summed E-state index contributed by atoms with van der Waals surface area (Å²) in [4.78, 5) is 4.56. The van der Waals surface area contributed by atoms with Crippen LogP contribution in [-0.2, 0) is 18.4 Å². The van der Waals surface area contributed by atoms with Gasteiger partial charge in [0.15, 0.2) is 0 Å². The Morgan fingerprint density at radius 3 is 1.96 bits per heavy atom. The van der Waals surface area contributed by atoms with Gasteiger partial charge in [-0.2, -0.15) is 0 Å². The van der Waals surface area contributed by atoms with Crippen molar-refractivity contribution in [1.29, 1.82) is 0 Å². The molecular formula is C25H25NO. The van der Waals surface area contributed by atoms with E-state index in [1.807, 2.05) is 36.5 Å². The van der Waals surface area contributed by atoms with E-state index < -0.39 is 5.60 Å². The molecule has 3 aromatic rings. The molecule has 0 heterocycles. The van der Waals surface area contributed by atoms with E-state index in [0.717, 1.165) is 36.0 Å². The molecule has 0 spiro atoms. The van der Waals surface area contributed by atoms with Gasteiger partial charge in [0.05, 0.1) is 0 Å². The summed E-state index contributed by atoms with van der Waals surface area (Å²) in [5.41, 5.74) is 4.80. The zero-order chi connectivity index (χ0) is 18.5. The van der Waals surface area contributed by atoms with Gasteiger partial charge in [0.2, 0.25) is 0 Å². The van der Waals surface area contributed by atoms with E-state index >= 15 is 0 Å². The third-order valence-electron chi connectivity index (χ3n) is 5.46. The van der Waals surface area contributed by atoms with Crippen molar-refractivity contribution in [1.82, 2.24) is 0 Å². The van der Waals surface area contributed by atoms with Gasteiger partial charge in [-0.25, -0.2) is 0 Å². The quantitative estimate of drug-likeness (QED) is 0.511. The molecule has 0 bridgehead atoms. The zero-order valence-electron chi connectivity index (χ0n) is 15.5. The highest BCUT2D eigenvalue weighted by atomic mass is 16.3. The second-order valence-electron chi connectivity index (χ2n) is 7.22. The third-order valence-corrected chi connectivity index (χ3v) is 5.46. The van der Waals surface area contributed by atoms with E-state index in [0.29, 0.717) is 13.0 Å². The monoisotopic (exact) mass is 355 g/mol. The van der Waals surface area contributed by atoms with Gasteiger partial charge in [-0.3, -0.25) is 4.99 Å². The molecule has 0 radical (unpaired) electrons. The Morgan fingerprint density at radius 1 is 0.778 bits per heavy atom. The second kappa shape index (κ2) is 7.89. The lowest BCUT2D eigenvalue weighted by Gasteiger charge is -2.31. The molecule has 0 aromatic heterocycles. The number of nitrogens with zero attached hydrogens (tertiary/aromatic N) is 1. The number of aliphatic imine (C=N–C) groups is 1. The second-order valence-corrected chi connectivity index (χ2v) is 7.22. The van der Waals surface area contributed by atoms with Crippen molar-refractivity contribution in [3.8, 4) is 0 Å². The molecule has 3 aromatic carbocycles. The highest BCUT2D eigenvalue weighted by Crippen LogP contribution is 2.40. The molecule has 2 heteroatoms. The Balaban J connectivity index is 1.56. The minimum atomic E-state index is -0.939. The zero-order valence-corrected chi connectivity index (χ0v) is 15.5. The van der Waals surface area contributed by atoms with Crippen LogP contribution in [0.3, 0.4) is 0 Å². The van der Waals surface area contributed by atoms with Crippen LogP contribution in [0.15, 0.2) is 83.9 Å². The summed E-state index contributed by atoms with van der Waals surface area (Å²) < 4.78 is 0. The SMILES string of the molecule is OC1(CCCN=Cc2ccccc2)c2ccccc2CCc2ccccc21. The van der Waals surface area contributed by atoms with E-state index in [-0.39, 0.29) is 0 Å². The van der Waals surface area contributed by atoms with Crippen LogP contribution < -0.4 is 0 Å². The number of benzene rings is 3. The molecule has 0 amide bonds. The topological polar surface area (TPSA) is 32.6 Å². The van der Waals surface area contributed by atoms with Gasteiger partial charge in [0, 0.05) is 12.8 Å². The van der Waals surface area contributed by atoms with E-state index in [9.17, 15) is 5.11 Å². The van der Waals surface area contributed by atoms with Gasteiger partial charge in [-0.15, -0.1) is 0 Å². The summed E-state index contributed by atoms with van der Waals surface area (Å²) >= 11 is 0. The van der Waals surface area contributed by atoms with E-state index in [1.165, 1.54) is 11.1 Å². The summed E-state index contributed by atoms with van der Waals surface area (Å²) in [5, 5.41) is 11.8. The molecule has 4 rings (SSSR count). The fourth-order valence-corrected chi connectivity index (χ4v) is 4.10. The number of aryl methyl sites for hydroxylation is 2. The number of hydrogen-bond donors (Lipinski definition) is 1. The highest BCUT2D eigenvalue weighted by Gasteiger charge is 2.36. The highest BCUT2D eigenvalue weighted by molar-refractivity contribution is 5.79. The molecule has 0 fully saturated rings. The average Bonchev–Trinajstić information content (AvgIpc) is 2.84. The standard InChI is InChI=1S/C25H25NO/c27-25(17-8-18-26-19-20-9-2-1-3-10-20)23-13-6-4-11-21(23)15-16-22-12-5-7-14-24(22)25/h1-7,9-14,19,27H,8,15-18H2. The maximum Gasteiger partial charge on any atom is 0.115 e. The molecule has 1 aliphatic rings. The lowest BCUT2D eigenvalue weighted by Crippen LogP contribution is -2.29. The van der Waals surface area contributed by atoms with Crippen molar-refractivity contribution in [3.63, 3.8) is 0 Å². The summed E-state index contributed by atoms with van der Waals surface area (Å²) in [6.45, 7) is 0.710. The van der Waals surface area contributed by atoms with Crippen LogP contribution in [0.1, 0.15) is 40.7 Å². The Morgan fingerprint density at radius 2 is 1.33 bits per heavy atom. The minimum absolute atomic E-state index is 0.674. The summed E-state index contributed by atoms with van der Waals surface area (Å²) in [6.07, 6.45) is 5.37. The van der Waals surface area contributed by atoms with Gasteiger partial charge in [0.25, 0.3) is 0 Å². The van der Waals surface area contributed by atoms with Gasteiger partial charge in [0.1, 0.15) is 5.60 Å². The Kier molecular flexibility index (Phi) is 5.17. The number of hydrogen-bond acceptors (Lipinski definition) is 2. The van der Waals surface area contributed by atoms with Crippen molar-refractivity contribution < 1.29 is 5.11 Å². The van der Waals surface area contributed by atoms with Crippen molar-refractivity contribution >= 4 is 6.21 Å². The first kappa shape index (κ1) is 17.7. The van der Waals surface area contributed by atoms with Crippen molar-refractivity contribution in [2.45, 2.75) is 31.3 Å².